The van der Waals surface area contributed by atoms with Crippen LogP contribution in [-0.2, 0) is 18.0 Å². The first-order valence-electron chi connectivity index (χ1n) is 12.6. The van der Waals surface area contributed by atoms with E-state index in [2.05, 4.69) is 5.32 Å². The quantitative estimate of drug-likeness (QED) is 0.0965. The fraction of sp³-hybridized carbons (Fsp3) is 0.125. The number of non-ortho nitro benzene ring substituents is 1. The summed E-state index contributed by atoms with van der Waals surface area (Å²) < 4.78 is 17.0. The minimum absolute atomic E-state index is 0.0299. The Morgan fingerprint density at radius 3 is 2.32 bits per heavy atom. The SMILES string of the molecule is COc1ccc(/C=C(\C#N)C(=O)Nc2ccc(OCc3ccc(C)cc3)cc2)c(OCc2cccc([N+](=O)[O-])c2)c1. The van der Waals surface area contributed by atoms with Crippen LogP contribution in [0.5, 0.6) is 17.2 Å². The molecule has 0 saturated heterocycles. The van der Waals surface area contributed by atoms with Gasteiger partial charge in [-0.2, -0.15) is 5.26 Å². The van der Waals surface area contributed by atoms with E-state index in [9.17, 15) is 20.2 Å². The first kappa shape index (κ1) is 28.4. The number of carbonyl (C=O) groups is 1. The molecule has 41 heavy (non-hydrogen) atoms. The Kier molecular flexibility index (Phi) is 9.31. The van der Waals surface area contributed by atoms with Crippen LogP contribution in [0.4, 0.5) is 11.4 Å². The van der Waals surface area contributed by atoms with Crippen LogP contribution in [-0.4, -0.2) is 17.9 Å². The molecule has 4 aromatic rings. The number of nitrogens with zero attached hydrogens (tertiary/aromatic N) is 2. The smallest absolute Gasteiger partial charge is 0.269 e. The molecule has 0 spiro atoms. The topological polar surface area (TPSA) is 124 Å². The van der Waals surface area contributed by atoms with Gasteiger partial charge < -0.3 is 19.5 Å². The Balaban J connectivity index is 1.45. The normalized spacial score (nSPS) is 10.8. The number of carbonyl (C=O) groups excluding carboxylic acids is 1. The van der Waals surface area contributed by atoms with E-state index >= 15 is 0 Å². The number of rotatable bonds is 11. The lowest BCUT2D eigenvalue weighted by atomic mass is 10.1. The molecule has 0 unspecified atom stereocenters. The first-order valence-corrected chi connectivity index (χ1v) is 12.6. The van der Waals surface area contributed by atoms with E-state index in [1.807, 2.05) is 37.3 Å². The highest BCUT2D eigenvalue weighted by molar-refractivity contribution is 6.09. The lowest BCUT2D eigenvalue weighted by Gasteiger charge is -2.12. The van der Waals surface area contributed by atoms with Crippen LogP contribution in [0.3, 0.4) is 0 Å². The van der Waals surface area contributed by atoms with Crippen molar-refractivity contribution in [3.8, 4) is 23.3 Å². The van der Waals surface area contributed by atoms with Crippen LogP contribution in [0.25, 0.3) is 6.08 Å². The van der Waals surface area contributed by atoms with Crippen molar-refractivity contribution in [1.82, 2.24) is 0 Å². The van der Waals surface area contributed by atoms with Gasteiger partial charge in [-0.3, -0.25) is 14.9 Å². The number of nitro groups is 1. The van der Waals surface area contributed by atoms with E-state index in [1.165, 1.54) is 30.9 Å². The number of aryl methyl sites for hydroxylation is 1. The van der Waals surface area contributed by atoms with Gasteiger partial charge in [-0.05, 0) is 60.5 Å². The highest BCUT2D eigenvalue weighted by atomic mass is 16.6. The van der Waals surface area contributed by atoms with Gasteiger partial charge in [0.05, 0.1) is 12.0 Å². The van der Waals surface area contributed by atoms with Gasteiger partial charge in [-0.25, -0.2) is 0 Å². The van der Waals surface area contributed by atoms with Crippen molar-refractivity contribution in [2.75, 3.05) is 12.4 Å². The van der Waals surface area contributed by atoms with Gasteiger partial charge in [0.25, 0.3) is 11.6 Å². The fourth-order valence-corrected chi connectivity index (χ4v) is 3.79. The zero-order chi connectivity index (χ0) is 29.2. The maximum atomic E-state index is 12.9. The Bertz CT molecular complexity index is 1610. The molecular weight excluding hydrogens is 522 g/mol. The second-order valence-electron chi connectivity index (χ2n) is 9.04. The summed E-state index contributed by atoms with van der Waals surface area (Å²) in [6, 6.07) is 27.9. The molecule has 4 rings (SSSR count). The molecule has 0 bridgehead atoms. The molecule has 1 N–H and O–H groups in total. The number of nitriles is 1. The molecule has 0 aliphatic carbocycles. The molecule has 1 amide bonds. The van der Waals surface area contributed by atoms with Crippen LogP contribution in [0, 0.1) is 28.4 Å². The third-order valence-electron chi connectivity index (χ3n) is 6.04. The van der Waals surface area contributed by atoms with Gasteiger partial charge in [0.1, 0.15) is 42.1 Å². The number of hydrogen-bond acceptors (Lipinski definition) is 7. The highest BCUT2D eigenvalue weighted by Gasteiger charge is 2.13. The number of hydrogen-bond donors (Lipinski definition) is 1. The lowest BCUT2D eigenvalue weighted by molar-refractivity contribution is -0.384. The Morgan fingerprint density at radius 1 is 0.927 bits per heavy atom. The van der Waals surface area contributed by atoms with Crippen LogP contribution in [0.1, 0.15) is 22.3 Å². The molecule has 9 heteroatoms. The van der Waals surface area contributed by atoms with Gasteiger partial charge >= 0.3 is 0 Å². The molecule has 0 aliphatic heterocycles. The summed E-state index contributed by atoms with van der Waals surface area (Å²) >= 11 is 0. The number of benzene rings is 4. The average Bonchev–Trinajstić information content (AvgIpc) is 2.99. The molecule has 0 radical (unpaired) electrons. The second-order valence-corrected chi connectivity index (χ2v) is 9.04. The summed E-state index contributed by atoms with van der Waals surface area (Å²) in [5, 5.41) is 23.5. The minimum Gasteiger partial charge on any atom is -0.497 e. The van der Waals surface area contributed by atoms with Crippen molar-refractivity contribution in [1.29, 1.82) is 5.26 Å². The average molecular weight is 550 g/mol. The zero-order valence-electron chi connectivity index (χ0n) is 22.5. The highest BCUT2D eigenvalue weighted by Crippen LogP contribution is 2.28. The fourth-order valence-electron chi connectivity index (χ4n) is 3.79. The summed E-state index contributed by atoms with van der Waals surface area (Å²) in [7, 11) is 1.50. The molecule has 4 aromatic carbocycles. The van der Waals surface area contributed by atoms with E-state index in [1.54, 1.807) is 54.6 Å². The van der Waals surface area contributed by atoms with Crippen molar-refractivity contribution in [2.24, 2.45) is 0 Å². The van der Waals surface area contributed by atoms with E-state index in [4.69, 9.17) is 14.2 Å². The Morgan fingerprint density at radius 2 is 1.63 bits per heavy atom. The van der Waals surface area contributed by atoms with Gasteiger partial charge in [-0.1, -0.05) is 42.0 Å². The number of nitrogens with one attached hydrogen (secondary N) is 1. The van der Waals surface area contributed by atoms with E-state index in [0.717, 1.165) is 5.56 Å². The predicted octanol–water partition coefficient (Wildman–Crippen LogP) is 6.62. The summed E-state index contributed by atoms with van der Waals surface area (Å²) in [5.74, 6) is 0.889. The van der Waals surface area contributed by atoms with E-state index in [-0.39, 0.29) is 17.9 Å². The standard InChI is InChI=1S/C32H27N3O6/c1-22-6-8-23(9-7-22)20-40-29-14-11-27(12-15-29)34-32(36)26(19-33)17-25-10-13-30(39-2)18-31(25)41-21-24-4-3-5-28(16-24)35(37)38/h3-18H,20-21H2,1-2H3,(H,34,36)/b26-17+. The van der Waals surface area contributed by atoms with Crippen molar-refractivity contribution in [3.63, 3.8) is 0 Å². The van der Waals surface area contributed by atoms with Crippen LogP contribution in [0.2, 0.25) is 0 Å². The minimum atomic E-state index is -0.596. The van der Waals surface area contributed by atoms with Crippen LogP contribution in [0.15, 0.2) is 96.6 Å². The summed E-state index contributed by atoms with van der Waals surface area (Å²) in [6.45, 7) is 2.47. The molecule has 0 fully saturated rings. The number of ether oxygens (including phenoxy) is 3. The largest absolute Gasteiger partial charge is 0.497 e. The maximum absolute atomic E-state index is 12.9. The Hall–Kier alpha value is -5.62. The molecule has 9 nitrogen and oxygen atoms in total. The molecule has 206 valence electrons. The molecular formula is C32H27N3O6. The number of methoxy groups -OCH3 is 1. The van der Waals surface area contributed by atoms with E-state index < -0.39 is 10.8 Å². The third kappa shape index (κ3) is 7.94. The summed E-state index contributed by atoms with van der Waals surface area (Å²) in [6.07, 6.45) is 1.41. The second kappa shape index (κ2) is 13.4. The first-order chi connectivity index (χ1) is 19.8. The number of nitro benzene ring substituents is 1. The van der Waals surface area contributed by atoms with Crippen molar-refractivity contribution >= 4 is 23.4 Å². The van der Waals surface area contributed by atoms with Crippen molar-refractivity contribution in [3.05, 3.63) is 129 Å². The van der Waals surface area contributed by atoms with Crippen LogP contribution >= 0.6 is 0 Å². The molecule has 0 aromatic heterocycles. The Labute approximate surface area is 237 Å². The number of anilines is 1. The molecule has 0 heterocycles. The molecule has 0 aliphatic rings. The van der Waals surface area contributed by atoms with Gasteiger partial charge in [0.2, 0.25) is 0 Å². The van der Waals surface area contributed by atoms with Gasteiger partial charge in [-0.15, -0.1) is 0 Å². The van der Waals surface area contributed by atoms with Crippen LogP contribution < -0.4 is 19.5 Å². The summed E-state index contributed by atoms with van der Waals surface area (Å²) in [4.78, 5) is 23.5. The molecule has 0 saturated carbocycles. The predicted molar refractivity (Wildman–Crippen MR) is 155 cm³/mol. The number of amides is 1. The van der Waals surface area contributed by atoms with Gasteiger partial charge in [0, 0.05) is 29.4 Å². The third-order valence-corrected chi connectivity index (χ3v) is 6.04. The van der Waals surface area contributed by atoms with Gasteiger partial charge in [0.15, 0.2) is 0 Å². The molecule has 0 atom stereocenters. The summed E-state index contributed by atoms with van der Waals surface area (Å²) in [5.41, 5.74) is 3.57. The van der Waals surface area contributed by atoms with Crippen molar-refractivity contribution in [2.45, 2.75) is 20.1 Å². The monoisotopic (exact) mass is 549 g/mol. The zero-order valence-corrected chi connectivity index (χ0v) is 22.5. The maximum Gasteiger partial charge on any atom is 0.269 e. The van der Waals surface area contributed by atoms with E-state index in [0.29, 0.717) is 40.7 Å². The van der Waals surface area contributed by atoms with Crippen molar-refractivity contribution < 1.29 is 23.9 Å². The lowest BCUT2D eigenvalue weighted by Crippen LogP contribution is -2.13.